The van der Waals surface area contributed by atoms with Crippen molar-refractivity contribution < 1.29 is 9.53 Å². The number of rotatable bonds is 2. The summed E-state index contributed by atoms with van der Waals surface area (Å²) in [6.45, 7) is 9.29. The second kappa shape index (κ2) is 5.45. The number of benzene rings is 1. The molecule has 2 aliphatic rings. The molecule has 3 heteroatoms. The minimum Gasteiger partial charge on any atom is -0.356 e. The van der Waals surface area contributed by atoms with Crippen LogP contribution in [0.2, 0.25) is 0 Å². The molecule has 0 bridgehead atoms. The van der Waals surface area contributed by atoms with Gasteiger partial charge in [-0.1, -0.05) is 52.0 Å². The van der Waals surface area contributed by atoms with E-state index in [0.29, 0.717) is 18.4 Å². The van der Waals surface area contributed by atoms with Crippen molar-refractivity contribution in [2.24, 2.45) is 11.8 Å². The predicted molar refractivity (Wildman–Crippen MR) is 82.9 cm³/mol. The Hall–Kier alpha value is -1.35. The van der Waals surface area contributed by atoms with E-state index in [-0.39, 0.29) is 24.1 Å². The fraction of sp³-hybridized carbons (Fsp3) is 0.611. The highest BCUT2D eigenvalue weighted by Crippen LogP contribution is 2.38. The zero-order valence-electron chi connectivity index (χ0n) is 13.4. The van der Waals surface area contributed by atoms with E-state index in [1.165, 1.54) is 11.1 Å². The molecule has 1 amide bonds. The van der Waals surface area contributed by atoms with Crippen molar-refractivity contribution in [1.82, 2.24) is 4.90 Å². The number of fused-ring (bicyclic) bond motifs is 2. The molecule has 0 saturated carbocycles. The van der Waals surface area contributed by atoms with Gasteiger partial charge < -0.3 is 9.64 Å². The molecule has 114 valence electrons. The third-order valence-electron chi connectivity index (χ3n) is 4.87. The Kier molecular flexibility index (Phi) is 3.78. The Labute approximate surface area is 127 Å². The van der Waals surface area contributed by atoms with Crippen molar-refractivity contribution in [2.45, 2.75) is 52.3 Å². The molecule has 1 aromatic rings. The Morgan fingerprint density at radius 1 is 1.14 bits per heavy atom. The van der Waals surface area contributed by atoms with Crippen LogP contribution in [-0.2, 0) is 16.0 Å². The molecule has 0 aliphatic carbocycles. The van der Waals surface area contributed by atoms with E-state index in [4.69, 9.17) is 4.74 Å². The maximum Gasteiger partial charge on any atom is 0.232 e. The summed E-state index contributed by atoms with van der Waals surface area (Å²) < 4.78 is 5.97. The first-order valence-corrected chi connectivity index (χ1v) is 8.02. The lowest BCUT2D eigenvalue weighted by Gasteiger charge is -2.32. The molecule has 1 aromatic carbocycles. The van der Waals surface area contributed by atoms with Gasteiger partial charge in [-0.05, 0) is 23.0 Å². The number of nitrogens with zero attached hydrogens (tertiary/aromatic N) is 1. The van der Waals surface area contributed by atoms with Crippen LogP contribution >= 0.6 is 0 Å². The topological polar surface area (TPSA) is 29.5 Å². The molecule has 21 heavy (non-hydrogen) atoms. The molecule has 2 aliphatic heterocycles. The highest BCUT2D eigenvalue weighted by Gasteiger charge is 2.45. The second-order valence-electron chi connectivity index (χ2n) is 6.97. The highest BCUT2D eigenvalue weighted by molar-refractivity contribution is 5.86. The summed E-state index contributed by atoms with van der Waals surface area (Å²) in [5.41, 5.74) is 2.46. The first-order chi connectivity index (χ1) is 10.0. The molecule has 2 heterocycles. The van der Waals surface area contributed by atoms with Gasteiger partial charge >= 0.3 is 0 Å². The maximum absolute atomic E-state index is 13.2. The second-order valence-corrected chi connectivity index (χ2v) is 6.97. The third-order valence-corrected chi connectivity index (χ3v) is 4.87. The quantitative estimate of drug-likeness (QED) is 0.836. The molecule has 0 radical (unpaired) electrons. The lowest BCUT2D eigenvalue weighted by atomic mass is 9.84. The van der Waals surface area contributed by atoms with Gasteiger partial charge in [-0.2, -0.15) is 0 Å². The average molecular weight is 287 g/mol. The minimum atomic E-state index is -0.0881. The summed E-state index contributed by atoms with van der Waals surface area (Å²) in [6.07, 6.45) is 0.726. The molecule has 1 saturated heterocycles. The molecular weight excluding hydrogens is 262 g/mol. The van der Waals surface area contributed by atoms with Crippen LogP contribution < -0.4 is 0 Å². The third kappa shape index (κ3) is 2.38. The van der Waals surface area contributed by atoms with Crippen LogP contribution in [0.3, 0.4) is 0 Å². The number of hydrogen-bond donors (Lipinski definition) is 0. The Bertz CT molecular complexity index is 538. The van der Waals surface area contributed by atoms with Gasteiger partial charge in [0.05, 0.1) is 18.6 Å². The number of hydrogen-bond acceptors (Lipinski definition) is 2. The number of ether oxygens (including phenoxy) is 1. The van der Waals surface area contributed by atoms with Gasteiger partial charge in [0.25, 0.3) is 0 Å². The molecule has 3 rings (SSSR count). The van der Waals surface area contributed by atoms with Crippen LogP contribution in [0.15, 0.2) is 24.3 Å². The average Bonchev–Trinajstić information content (AvgIpc) is 2.79. The lowest BCUT2D eigenvalue weighted by molar-refractivity contribution is -0.140. The van der Waals surface area contributed by atoms with E-state index in [9.17, 15) is 4.79 Å². The fourth-order valence-electron chi connectivity index (χ4n) is 3.71. The lowest BCUT2D eigenvalue weighted by Crippen LogP contribution is -2.46. The fourth-order valence-corrected chi connectivity index (χ4v) is 3.71. The van der Waals surface area contributed by atoms with Crippen LogP contribution in [-0.4, -0.2) is 29.7 Å². The van der Waals surface area contributed by atoms with E-state index in [2.05, 4.69) is 45.9 Å². The summed E-state index contributed by atoms with van der Waals surface area (Å²) in [7, 11) is 0. The van der Waals surface area contributed by atoms with Gasteiger partial charge in [-0.15, -0.1) is 0 Å². The molecule has 0 unspecified atom stereocenters. The summed E-state index contributed by atoms with van der Waals surface area (Å²) >= 11 is 0. The van der Waals surface area contributed by atoms with Crippen LogP contribution in [0.5, 0.6) is 0 Å². The van der Waals surface area contributed by atoms with Gasteiger partial charge in [-0.3, -0.25) is 4.79 Å². The van der Waals surface area contributed by atoms with Crippen LogP contribution in [0.1, 0.15) is 44.7 Å². The van der Waals surface area contributed by atoms with E-state index in [1.54, 1.807) is 0 Å². The summed E-state index contributed by atoms with van der Waals surface area (Å²) in [5, 5.41) is 0. The van der Waals surface area contributed by atoms with Gasteiger partial charge in [0.15, 0.2) is 0 Å². The van der Waals surface area contributed by atoms with E-state index in [1.807, 2.05) is 11.0 Å². The molecular formula is C18H25NO2. The van der Waals surface area contributed by atoms with Gasteiger partial charge in [0, 0.05) is 6.42 Å². The zero-order chi connectivity index (χ0) is 15.1. The first-order valence-electron chi connectivity index (χ1n) is 8.02. The zero-order valence-corrected chi connectivity index (χ0v) is 13.4. The van der Waals surface area contributed by atoms with Crippen molar-refractivity contribution >= 4 is 5.91 Å². The van der Waals surface area contributed by atoms with Crippen LogP contribution in [0.4, 0.5) is 0 Å². The SMILES string of the molecule is CC(C)[C@@H]1C(=O)N2[C@@H](Cc3ccccc31)OC[C@H]2C(C)C. The smallest absolute Gasteiger partial charge is 0.232 e. The number of carbonyl (C=O) groups is 1. The highest BCUT2D eigenvalue weighted by atomic mass is 16.5. The largest absolute Gasteiger partial charge is 0.356 e. The maximum atomic E-state index is 13.2. The number of carbonyl (C=O) groups excluding carboxylic acids is 1. The first kappa shape index (κ1) is 14.6. The van der Waals surface area contributed by atoms with Crippen molar-refractivity contribution in [3.8, 4) is 0 Å². The Balaban J connectivity index is 2.06. The molecule has 0 N–H and O–H groups in total. The van der Waals surface area contributed by atoms with E-state index in [0.717, 1.165) is 6.42 Å². The predicted octanol–water partition coefficient (Wildman–Crippen LogP) is 3.19. The Morgan fingerprint density at radius 2 is 1.86 bits per heavy atom. The molecule has 3 nitrogen and oxygen atoms in total. The van der Waals surface area contributed by atoms with Crippen LogP contribution in [0, 0.1) is 11.8 Å². The minimum absolute atomic E-state index is 0.0471. The monoisotopic (exact) mass is 287 g/mol. The Morgan fingerprint density at radius 3 is 2.52 bits per heavy atom. The van der Waals surface area contributed by atoms with Gasteiger partial charge in [0.1, 0.15) is 6.23 Å². The molecule has 0 spiro atoms. The van der Waals surface area contributed by atoms with E-state index < -0.39 is 0 Å². The molecule has 0 aromatic heterocycles. The summed E-state index contributed by atoms with van der Waals surface area (Å²) in [6, 6.07) is 8.57. The molecule has 1 fully saturated rings. The standard InChI is InChI=1S/C18H25NO2/c1-11(2)15-10-21-16-9-13-7-5-6-8-14(13)17(12(3)4)18(20)19(15)16/h5-8,11-12,15-17H,9-10H2,1-4H3/t15-,16+,17-/m0/s1. The number of amides is 1. The van der Waals surface area contributed by atoms with Gasteiger partial charge in [-0.25, -0.2) is 0 Å². The van der Waals surface area contributed by atoms with Crippen molar-refractivity contribution in [3.63, 3.8) is 0 Å². The van der Waals surface area contributed by atoms with Crippen molar-refractivity contribution in [3.05, 3.63) is 35.4 Å². The van der Waals surface area contributed by atoms with Gasteiger partial charge in [0.2, 0.25) is 5.91 Å². The van der Waals surface area contributed by atoms with Crippen LogP contribution in [0.25, 0.3) is 0 Å². The molecule has 3 atom stereocenters. The summed E-state index contributed by atoms with van der Waals surface area (Å²) in [5.74, 6) is 0.920. The van der Waals surface area contributed by atoms with Crippen molar-refractivity contribution in [2.75, 3.05) is 6.61 Å². The summed E-state index contributed by atoms with van der Waals surface area (Å²) in [4.78, 5) is 15.2. The van der Waals surface area contributed by atoms with E-state index >= 15 is 0 Å². The van der Waals surface area contributed by atoms with Crippen molar-refractivity contribution in [1.29, 1.82) is 0 Å². The normalized spacial score (nSPS) is 28.8.